The molecule has 8 nitrogen and oxygen atoms in total. The summed E-state index contributed by atoms with van der Waals surface area (Å²) >= 11 is 6.76. The van der Waals surface area contributed by atoms with E-state index in [1.54, 1.807) is 6.07 Å². The number of carbonyl (C=O) groups is 3. The van der Waals surface area contributed by atoms with Crippen molar-refractivity contribution in [2.45, 2.75) is 6.18 Å². The Morgan fingerprint density at radius 1 is 1.09 bits per heavy atom. The van der Waals surface area contributed by atoms with Gasteiger partial charge < -0.3 is 19.5 Å². The van der Waals surface area contributed by atoms with Gasteiger partial charge in [-0.25, -0.2) is 0 Å². The van der Waals surface area contributed by atoms with Crippen LogP contribution in [0.1, 0.15) is 11.1 Å². The van der Waals surface area contributed by atoms with E-state index in [1.165, 1.54) is 33.5 Å². The molecule has 1 aliphatic heterocycles. The molecule has 0 spiro atoms. The number of ether oxygens (including phenoxy) is 3. The van der Waals surface area contributed by atoms with Crippen LogP contribution < -0.4 is 19.5 Å². The Bertz CT molecular complexity index is 1220. The fraction of sp³-hybridized carbons (Fsp3) is 0.227. The maximum atomic E-state index is 13.0. The van der Waals surface area contributed by atoms with E-state index in [0.717, 1.165) is 12.1 Å². The van der Waals surface area contributed by atoms with Gasteiger partial charge in [0.2, 0.25) is 5.91 Å². The first-order chi connectivity index (χ1) is 16.5. The minimum atomic E-state index is -4.64. The van der Waals surface area contributed by atoms with Crippen LogP contribution >= 0.6 is 23.4 Å². The molecule has 1 heterocycles. The maximum Gasteiger partial charge on any atom is 0.416 e. The summed E-state index contributed by atoms with van der Waals surface area (Å²) in [4.78, 5) is 38.3. The van der Waals surface area contributed by atoms with E-state index >= 15 is 0 Å². The Kier molecular flexibility index (Phi) is 7.86. The van der Waals surface area contributed by atoms with Gasteiger partial charge in [-0.2, -0.15) is 13.2 Å². The number of hydrogen-bond acceptors (Lipinski definition) is 7. The second-order valence-electron chi connectivity index (χ2n) is 6.97. The molecule has 1 aliphatic rings. The normalized spacial score (nSPS) is 14.9. The SMILES string of the molecule is COc1ccc(C(F)(F)F)cc1NC(=O)CN1C(=O)S/C(=C\c2cc(Cl)c(OC)c(OC)c2)C1=O. The van der Waals surface area contributed by atoms with Crippen molar-refractivity contribution in [2.75, 3.05) is 33.2 Å². The first-order valence-electron chi connectivity index (χ1n) is 9.70. The standard InChI is InChI=1S/C22H18ClF3N2O6S/c1-32-15-5-4-12(22(24,25)26)9-14(15)27-18(29)10-28-20(30)17(35-21(28)31)8-11-6-13(23)19(34-3)16(7-11)33-2/h4-9H,10H2,1-3H3,(H,27,29)/b17-8-. The maximum absolute atomic E-state index is 13.0. The van der Waals surface area contributed by atoms with Gasteiger partial charge in [0, 0.05) is 0 Å². The van der Waals surface area contributed by atoms with E-state index in [4.69, 9.17) is 25.8 Å². The number of anilines is 1. The highest BCUT2D eigenvalue weighted by Gasteiger charge is 2.37. The summed E-state index contributed by atoms with van der Waals surface area (Å²) in [5, 5.41) is 1.75. The monoisotopic (exact) mass is 530 g/mol. The molecule has 0 atom stereocenters. The van der Waals surface area contributed by atoms with E-state index in [-0.39, 0.29) is 21.4 Å². The fourth-order valence-corrected chi connectivity index (χ4v) is 4.26. The van der Waals surface area contributed by atoms with E-state index in [1.807, 2.05) is 0 Å². The lowest BCUT2D eigenvalue weighted by Crippen LogP contribution is -2.36. The number of amides is 3. The third-order valence-corrected chi connectivity index (χ3v) is 5.92. The summed E-state index contributed by atoms with van der Waals surface area (Å²) in [6.45, 7) is -0.714. The van der Waals surface area contributed by atoms with Crippen molar-refractivity contribution in [3.05, 3.63) is 51.4 Å². The van der Waals surface area contributed by atoms with Crippen LogP contribution in [0.2, 0.25) is 5.02 Å². The van der Waals surface area contributed by atoms with Gasteiger partial charge in [0.25, 0.3) is 11.1 Å². The third kappa shape index (κ3) is 5.82. The predicted octanol–water partition coefficient (Wildman–Crippen LogP) is 5.06. The summed E-state index contributed by atoms with van der Waals surface area (Å²) < 4.78 is 54.4. The Morgan fingerprint density at radius 3 is 2.37 bits per heavy atom. The number of benzene rings is 2. The lowest BCUT2D eigenvalue weighted by atomic mass is 10.1. The number of halogens is 4. The van der Waals surface area contributed by atoms with Gasteiger partial charge in [-0.05, 0) is 53.7 Å². The molecule has 0 unspecified atom stereocenters. The summed E-state index contributed by atoms with van der Waals surface area (Å²) in [6.07, 6.45) is -3.25. The first kappa shape index (κ1) is 26.2. The molecule has 1 N–H and O–H groups in total. The Balaban J connectivity index is 1.79. The second-order valence-corrected chi connectivity index (χ2v) is 8.37. The van der Waals surface area contributed by atoms with Gasteiger partial charge in [0.15, 0.2) is 11.5 Å². The average molecular weight is 531 g/mol. The lowest BCUT2D eigenvalue weighted by Gasteiger charge is -2.16. The number of thioether (sulfide) groups is 1. The molecular weight excluding hydrogens is 513 g/mol. The van der Waals surface area contributed by atoms with E-state index in [2.05, 4.69) is 5.32 Å². The third-order valence-electron chi connectivity index (χ3n) is 4.73. The van der Waals surface area contributed by atoms with Crippen molar-refractivity contribution in [1.82, 2.24) is 4.90 Å². The van der Waals surface area contributed by atoms with Crippen LogP contribution in [0.25, 0.3) is 6.08 Å². The molecule has 0 bridgehead atoms. The van der Waals surface area contributed by atoms with Crippen LogP contribution in [0.15, 0.2) is 35.2 Å². The number of nitrogens with one attached hydrogen (secondary N) is 1. The summed E-state index contributed by atoms with van der Waals surface area (Å²) in [6, 6.07) is 5.60. The van der Waals surface area contributed by atoms with Crippen molar-refractivity contribution >= 4 is 52.2 Å². The highest BCUT2D eigenvalue weighted by Crippen LogP contribution is 2.39. The zero-order chi connectivity index (χ0) is 25.9. The molecule has 0 aliphatic carbocycles. The van der Waals surface area contributed by atoms with Gasteiger partial charge in [-0.15, -0.1) is 0 Å². The highest BCUT2D eigenvalue weighted by atomic mass is 35.5. The van der Waals surface area contributed by atoms with Crippen LogP contribution in [-0.4, -0.2) is 49.8 Å². The van der Waals surface area contributed by atoms with E-state index in [9.17, 15) is 27.6 Å². The minimum absolute atomic E-state index is 0.0164. The molecule has 2 aromatic carbocycles. The molecule has 3 amide bonds. The zero-order valence-electron chi connectivity index (χ0n) is 18.5. The van der Waals surface area contributed by atoms with Crippen molar-refractivity contribution < 1.29 is 41.8 Å². The molecule has 1 saturated heterocycles. The second kappa shape index (κ2) is 10.5. The summed E-state index contributed by atoms with van der Waals surface area (Å²) in [5.41, 5.74) is -0.817. The van der Waals surface area contributed by atoms with Crippen molar-refractivity contribution in [1.29, 1.82) is 0 Å². The molecule has 0 saturated carbocycles. The number of rotatable bonds is 7. The number of imide groups is 1. The molecular formula is C22H18ClF3N2O6S. The van der Waals surface area contributed by atoms with Crippen molar-refractivity contribution in [3.8, 4) is 17.2 Å². The molecule has 0 radical (unpaired) electrons. The van der Waals surface area contributed by atoms with Crippen LogP contribution in [0, 0.1) is 0 Å². The molecule has 35 heavy (non-hydrogen) atoms. The molecule has 13 heteroatoms. The van der Waals surface area contributed by atoms with Gasteiger partial charge in [0.1, 0.15) is 12.3 Å². The first-order valence-corrected chi connectivity index (χ1v) is 10.9. The van der Waals surface area contributed by atoms with Gasteiger partial charge in [-0.1, -0.05) is 11.6 Å². The topological polar surface area (TPSA) is 94.2 Å². The van der Waals surface area contributed by atoms with E-state index in [0.29, 0.717) is 39.8 Å². The molecule has 186 valence electrons. The van der Waals surface area contributed by atoms with Crippen LogP contribution in [0.3, 0.4) is 0 Å². The predicted molar refractivity (Wildman–Crippen MR) is 124 cm³/mol. The lowest BCUT2D eigenvalue weighted by molar-refractivity contribution is -0.137. The van der Waals surface area contributed by atoms with Gasteiger partial charge in [-0.3, -0.25) is 19.3 Å². The number of carbonyl (C=O) groups excluding carboxylic acids is 3. The largest absolute Gasteiger partial charge is 0.495 e. The number of nitrogens with zero attached hydrogens (tertiary/aromatic N) is 1. The fourth-order valence-electron chi connectivity index (χ4n) is 3.12. The summed E-state index contributed by atoms with van der Waals surface area (Å²) in [5.74, 6) is -1.07. The summed E-state index contributed by atoms with van der Waals surface area (Å²) in [7, 11) is 4.04. The van der Waals surface area contributed by atoms with Crippen LogP contribution in [0.4, 0.5) is 23.7 Å². The Labute approximate surface area is 207 Å². The molecule has 0 aromatic heterocycles. The number of hydrogen-bond donors (Lipinski definition) is 1. The highest BCUT2D eigenvalue weighted by molar-refractivity contribution is 8.18. The number of methoxy groups -OCH3 is 3. The Hall–Kier alpha value is -3.38. The number of alkyl halides is 3. The molecule has 2 aromatic rings. The minimum Gasteiger partial charge on any atom is -0.495 e. The Morgan fingerprint density at radius 2 is 1.77 bits per heavy atom. The van der Waals surface area contributed by atoms with Crippen molar-refractivity contribution in [3.63, 3.8) is 0 Å². The van der Waals surface area contributed by atoms with Crippen LogP contribution in [-0.2, 0) is 15.8 Å². The van der Waals surface area contributed by atoms with Crippen LogP contribution in [0.5, 0.6) is 17.2 Å². The van der Waals surface area contributed by atoms with Crippen molar-refractivity contribution in [2.24, 2.45) is 0 Å². The quantitative estimate of drug-likeness (QED) is 0.500. The van der Waals surface area contributed by atoms with Gasteiger partial charge >= 0.3 is 6.18 Å². The average Bonchev–Trinajstić information content (AvgIpc) is 3.05. The zero-order valence-corrected chi connectivity index (χ0v) is 20.1. The molecule has 1 fully saturated rings. The van der Waals surface area contributed by atoms with Gasteiger partial charge in [0.05, 0.1) is 42.5 Å². The molecule has 3 rings (SSSR count). The van der Waals surface area contributed by atoms with E-state index < -0.39 is 35.3 Å². The smallest absolute Gasteiger partial charge is 0.416 e.